The van der Waals surface area contributed by atoms with Gasteiger partial charge in [0.25, 0.3) is 0 Å². The molecule has 1 aromatic heterocycles. The van der Waals surface area contributed by atoms with Gasteiger partial charge in [-0.05, 0) is 30.0 Å². The van der Waals surface area contributed by atoms with Gasteiger partial charge in [0.1, 0.15) is 17.9 Å². The third-order valence-electron chi connectivity index (χ3n) is 3.03. The molecule has 0 spiro atoms. The molecule has 18 heavy (non-hydrogen) atoms. The first kappa shape index (κ1) is 11.1. The van der Waals surface area contributed by atoms with Gasteiger partial charge in [-0.1, -0.05) is 30.3 Å². The average molecular weight is 241 g/mol. The minimum atomic E-state index is 0.0105. The van der Waals surface area contributed by atoms with Gasteiger partial charge in [0.2, 0.25) is 0 Å². The highest BCUT2D eigenvalue weighted by Crippen LogP contribution is 2.25. The lowest BCUT2D eigenvalue weighted by molar-refractivity contribution is 0.0509. The number of nitrogens with one attached hydrogen (secondary N) is 1. The van der Waals surface area contributed by atoms with E-state index in [1.807, 2.05) is 42.6 Å². The van der Waals surface area contributed by atoms with E-state index in [4.69, 9.17) is 9.15 Å². The number of furan rings is 1. The van der Waals surface area contributed by atoms with Crippen molar-refractivity contribution in [3.63, 3.8) is 0 Å². The second kappa shape index (κ2) is 5.10. The van der Waals surface area contributed by atoms with Gasteiger partial charge < -0.3 is 14.5 Å². The van der Waals surface area contributed by atoms with E-state index in [9.17, 15) is 0 Å². The zero-order valence-corrected chi connectivity index (χ0v) is 9.95. The molecule has 0 amide bonds. The van der Waals surface area contributed by atoms with Crippen molar-refractivity contribution >= 4 is 0 Å². The molecule has 1 N–H and O–H groups in total. The Morgan fingerprint density at radius 3 is 2.78 bits per heavy atom. The van der Waals surface area contributed by atoms with Crippen molar-refractivity contribution in [1.82, 2.24) is 5.32 Å². The van der Waals surface area contributed by atoms with Crippen molar-refractivity contribution in [1.29, 1.82) is 0 Å². The molecule has 1 aromatic carbocycles. The molecule has 1 aliphatic heterocycles. The lowest BCUT2D eigenvalue weighted by atomic mass is 10.1. The van der Waals surface area contributed by atoms with E-state index in [2.05, 4.69) is 17.4 Å². The zero-order chi connectivity index (χ0) is 12.2. The molecule has 2 heterocycles. The van der Waals surface area contributed by atoms with Crippen molar-refractivity contribution in [2.45, 2.75) is 18.8 Å². The van der Waals surface area contributed by atoms with Crippen molar-refractivity contribution in [3.05, 3.63) is 72.3 Å². The molecule has 3 rings (SSSR count). The number of benzene rings is 1. The maximum absolute atomic E-state index is 5.92. The van der Waals surface area contributed by atoms with Gasteiger partial charge in [-0.2, -0.15) is 0 Å². The van der Waals surface area contributed by atoms with E-state index < -0.39 is 0 Å². The summed E-state index contributed by atoms with van der Waals surface area (Å²) in [6.45, 7) is 0.606. The smallest absolute Gasteiger partial charge is 0.128 e. The molecule has 92 valence electrons. The minimum absolute atomic E-state index is 0.0105. The molecule has 0 saturated heterocycles. The van der Waals surface area contributed by atoms with Crippen molar-refractivity contribution in [2.24, 2.45) is 0 Å². The molecular weight excluding hydrogens is 226 g/mol. The van der Waals surface area contributed by atoms with Crippen molar-refractivity contribution < 1.29 is 9.15 Å². The molecule has 2 aromatic rings. The Kier molecular flexibility index (Phi) is 3.15. The highest BCUT2D eigenvalue weighted by atomic mass is 16.5. The molecule has 0 aliphatic carbocycles. The molecule has 1 aliphatic rings. The summed E-state index contributed by atoms with van der Waals surface area (Å²) in [5.74, 6) is 0.901. The summed E-state index contributed by atoms with van der Waals surface area (Å²) >= 11 is 0. The second-order valence-electron chi connectivity index (χ2n) is 4.28. The average Bonchev–Trinajstić information content (AvgIpc) is 3.08. The Balaban J connectivity index is 1.64. The SMILES string of the molecule is C1=CC(OCc2ccccc2)C(c2ccco2)N1. The highest BCUT2D eigenvalue weighted by Gasteiger charge is 2.26. The molecule has 0 radical (unpaired) electrons. The minimum Gasteiger partial charge on any atom is -0.467 e. The summed E-state index contributed by atoms with van der Waals surface area (Å²) in [5.41, 5.74) is 1.18. The summed E-state index contributed by atoms with van der Waals surface area (Å²) in [5, 5.41) is 3.25. The van der Waals surface area contributed by atoms with Crippen LogP contribution >= 0.6 is 0 Å². The maximum atomic E-state index is 5.92. The van der Waals surface area contributed by atoms with Crippen LogP contribution in [0.2, 0.25) is 0 Å². The second-order valence-corrected chi connectivity index (χ2v) is 4.28. The van der Waals surface area contributed by atoms with Crippen LogP contribution in [0.1, 0.15) is 17.4 Å². The lowest BCUT2D eigenvalue weighted by Crippen LogP contribution is -2.23. The normalized spacial score (nSPS) is 22.0. The first-order chi connectivity index (χ1) is 8.93. The van der Waals surface area contributed by atoms with E-state index in [0.717, 1.165) is 5.76 Å². The van der Waals surface area contributed by atoms with Crippen LogP contribution in [0.4, 0.5) is 0 Å². The van der Waals surface area contributed by atoms with Gasteiger partial charge in [-0.15, -0.1) is 0 Å². The van der Waals surface area contributed by atoms with E-state index in [1.54, 1.807) is 6.26 Å². The summed E-state index contributed by atoms with van der Waals surface area (Å²) in [7, 11) is 0. The van der Waals surface area contributed by atoms with Crippen LogP contribution < -0.4 is 5.32 Å². The van der Waals surface area contributed by atoms with Gasteiger partial charge in [0, 0.05) is 0 Å². The van der Waals surface area contributed by atoms with Crippen LogP contribution in [0.25, 0.3) is 0 Å². The Morgan fingerprint density at radius 2 is 2.00 bits per heavy atom. The molecule has 2 atom stereocenters. The monoisotopic (exact) mass is 241 g/mol. The summed E-state index contributed by atoms with van der Waals surface area (Å²) in [4.78, 5) is 0. The van der Waals surface area contributed by atoms with E-state index in [1.165, 1.54) is 5.56 Å². The van der Waals surface area contributed by atoms with E-state index in [0.29, 0.717) is 6.61 Å². The molecule has 3 nitrogen and oxygen atoms in total. The number of ether oxygens (including phenoxy) is 1. The molecule has 3 heteroatoms. The zero-order valence-electron chi connectivity index (χ0n) is 9.95. The van der Waals surface area contributed by atoms with Gasteiger partial charge in [-0.25, -0.2) is 0 Å². The standard InChI is InChI=1S/C15H15NO2/c1-2-5-12(6-3-1)11-18-14-8-9-16-15(14)13-7-4-10-17-13/h1-10,14-16H,11H2. The quantitative estimate of drug-likeness (QED) is 0.893. The molecule has 0 saturated carbocycles. The maximum Gasteiger partial charge on any atom is 0.128 e. The summed E-state index contributed by atoms with van der Waals surface area (Å²) in [6.07, 6.45) is 5.64. The van der Waals surface area contributed by atoms with Gasteiger partial charge in [0.15, 0.2) is 0 Å². The fourth-order valence-electron chi connectivity index (χ4n) is 2.09. The van der Waals surface area contributed by atoms with Crippen LogP contribution in [-0.4, -0.2) is 6.10 Å². The van der Waals surface area contributed by atoms with E-state index >= 15 is 0 Å². The molecule has 0 fully saturated rings. The number of rotatable bonds is 4. The Hall–Kier alpha value is -2.00. The molecular formula is C15H15NO2. The van der Waals surface area contributed by atoms with Crippen molar-refractivity contribution in [2.75, 3.05) is 0 Å². The molecule has 0 bridgehead atoms. The Morgan fingerprint density at radius 1 is 1.11 bits per heavy atom. The van der Waals surface area contributed by atoms with Gasteiger partial charge in [-0.3, -0.25) is 0 Å². The van der Waals surface area contributed by atoms with Crippen LogP contribution in [0.3, 0.4) is 0 Å². The fraction of sp³-hybridized carbons (Fsp3) is 0.200. The topological polar surface area (TPSA) is 34.4 Å². The predicted molar refractivity (Wildman–Crippen MR) is 68.7 cm³/mol. The number of hydrogen-bond donors (Lipinski definition) is 1. The summed E-state index contributed by atoms with van der Waals surface area (Å²) in [6, 6.07) is 14.1. The van der Waals surface area contributed by atoms with Gasteiger partial charge in [0.05, 0.1) is 12.9 Å². The van der Waals surface area contributed by atoms with Crippen LogP contribution in [0.15, 0.2) is 65.4 Å². The van der Waals surface area contributed by atoms with Crippen LogP contribution in [0.5, 0.6) is 0 Å². The predicted octanol–water partition coefficient (Wildman–Crippen LogP) is 3.02. The van der Waals surface area contributed by atoms with Crippen LogP contribution in [-0.2, 0) is 11.3 Å². The first-order valence-corrected chi connectivity index (χ1v) is 6.05. The van der Waals surface area contributed by atoms with E-state index in [-0.39, 0.29) is 12.1 Å². The molecule has 2 unspecified atom stereocenters. The van der Waals surface area contributed by atoms with Crippen LogP contribution in [0, 0.1) is 0 Å². The number of hydrogen-bond acceptors (Lipinski definition) is 3. The third kappa shape index (κ3) is 2.31. The highest BCUT2D eigenvalue weighted by molar-refractivity contribution is 5.17. The van der Waals surface area contributed by atoms with Gasteiger partial charge >= 0.3 is 0 Å². The first-order valence-electron chi connectivity index (χ1n) is 6.05. The Bertz CT molecular complexity index is 505. The largest absolute Gasteiger partial charge is 0.467 e. The summed E-state index contributed by atoms with van der Waals surface area (Å²) < 4.78 is 11.3. The fourth-order valence-corrected chi connectivity index (χ4v) is 2.09. The Labute approximate surface area is 106 Å². The lowest BCUT2D eigenvalue weighted by Gasteiger charge is -2.18. The van der Waals surface area contributed by atoms with Crippen molar-refractivity contribution in [3.8, 4) is 0 Å². The third-order valence-corrected chi connectivity index (χ3v) is 3.03.